The fraction of sp³-hybridized carbons (Fsp3) is 0.538. The van der Waals surface area contributed by atoms with E-state index < -0.39 is 9.84 Å². The lowest BCUT2D eigenvalue weighted by atomic mass is 9.99. The number of nitrogens with one attached hydrogen (secondary N) is 1. The molecular formula is C13H20N2O2S. The van der Waals surface area contributed by atoms with Crippen LogP contribution in [0.4, 0.5) is 5.69 Å². The maximum absolute atomic E-state index is 11.2. The van der Waals surface area contributed by atoms with Gasteiger partial charge < -0.3 is 10.2 Å². The van der Waals surface area contributed by atoms with Crippen LogP contribution in [0.1, 0.15) is 5.56 Å². The van der Waals surface area contributed by atoms with Gasteiger partial charge in [0.05, 0.1) is 5.75 Å². The zero-order valence-electron chi connectivity index (χ0n) is 10.9. The quantitative estimate of drug-likeness (QED) is 0.885. The Labute approximate surface area is 109 Å². The van der Waals surface area contributed by atoms with E-state index in [0.717, 1.165) is 13.0 Å². The minimum atomic E-state index is -2.88. The lowest BCUT2D eigenvalue weighted by Crippen LogP contribution is -2.43. The van der Waals surface area contributed by atoms with Gasteiger partial charge in [0.25, 0.3) is 0 Å². The average Bonchev–Trinajstić information content (AvgIpc) is 2.34. The Kier molecular flexibility index (Phi) is 3.92. The summed E-state index contributed by atoms with van der Waals surface area (Å²) in [6.45, 7) is 1.46. The van der Waals surface area contributed by atoms with E-state index in [1.54, 1.807) is 0 Å². The summed E-state index contributed by atoms with van der Waals surface area (Å²) in [6.07, 6.45) is 2.26. The molecule has 2 rings (SSSR count). The second-order valence-corrected chi connectivity index (χ2v) is 7.27. The Morgan fingerprint density at radius 3 is 2.83 bits per heavy atom. The Morgan fingerprint density at radius 2 is 2.11 bits per heavy atom. The second kappa shape index (κ2) is 5.28. The van der Waals surface area contributed by atoms with Gasteiger partial charge in [-0.05, 0) is 25.1 Å². The second-order valence-electron chi connectivity index (χ2n) is 5.01. The van der Waals surface area contributed by atoms with Gasteiger partial charge >= 0.3 is 0 Å². The summed E-state index contributed by atoms with van der Waals surface area (Å²) in [6, 6.07) is 8.64. The molecule has 1 aliphatic heterocycles. The van der Waals surface area contributed by atoms with Crippen molar-refractivity contribution in [1.29, 1.82) is 0 Å². The summed E-state index contributed by atoms with van der Waals surface area (Å²) in [7, 11) is -0.889. The van der Waals surface area contributed by atoms with Crippen LogP contribution in [0.2, 0.25) is 0 Å². The zero-order valence-corrected chi connectivity index (χ0v) is 11.7. The van der Waals surface area contributed by atoms with Crippen LogP contribution in [0, 0.1) is 0 Å². The number of benzene rings is 1. The fourth-order valence-corrected chi connectivity index (χ4v) is 2.85. The summed E-state index contributed by atoms with van der Waals surface area (Å²) in [5.41, 5.74) is 2.50. The van der Waals surface area contributed by atoms with Crippen LogP contribution in [0.5, 0.6) is 0 Å². The van der Waals surface area contributed by atoms with Gasteiger partial charge in [-0.2, -0.15) is 0 Å². The SMILES string of the molecule is CN(CCS(C)(=O)=O)C1CNc2ccccc2C1. The first-order valence-corrected chi connectivity index (χ1v) is 8.21. The van der Waals surface area contributed by atoms with Gasteiger partial charge in [0, 0.05) is 31.1 Å². The largest absolute Gasteiger partial charge is 0.383 e. The standard InChI is InChI=1S/C13H20N2O2S/c1-15(7-8-18(2,16)17)12-9-11-5-3-4-6-13(11)14-10-12/h3-6,12,14H,7-10H2,1-2H3. The molecule has 1 atom stereocenters. The van der Waals surface area contributed by atoms with Crippen molar-refractivity contribution in [2.45, 2.75) is 12.5 Å². The molecule has 1 unspecified atom stereocenters. The van der Waals surface area contributed by atoms with E-state index in [1.807, 2.05) is 19.2 Å². The van der Waals surface area contributed by atoms with Crippen molar-refractivity contribution in [3.05, 3.63) is 29.8 Å². The van der Waals surface area contributed by atoms with Gasteiger partial charge in [-0.3, -0.25) is 0 Å². The molecule has 0 radical (unpaired) electrons. The number of hydrogen-bond donors (Lipinski definition) is 1. The van der Waals surface area contributed by atoms with E-state index in [0.29, 0.717) is 12.6 Å². The fourth-order valence-electron chi connectivity index (χ4n) is 2.23. The number of sulfone groups is 1. The summed E-state index contributed by atoms with van der Waals surface area (Å²) in [4.78, 5) is 2.13. The third-order valence-corrected chi connectivity index (χ3v) is 4.36. The van der Waals surface area contributed by atoms with Gasteiger partial charge in [-0.25, -0.2) is 8.42 Å². The maximum atomic E-state index is 11.2. The molecule has 0 saturated carbocycles. The number of fused-ring (bicyclic) bond motifs is 1. The van der Waals surface area contributed by atoms with Crippen molar-refractivity contribution in [1.82, 2.24) is 4.90 Å². The molecule has 100 valence electrons. The normalized spacial score (nSPS) is 19.4. The number of nitrogens with zero attached hydrogens (tertiary/aromatic N) is 1. The van der Waals surface area contributed by atoms with E-state index in [-0.39, 0.29) is 5.75 Å². The smallest absolute Gasteiger partial charge is 0.148 e. The molecule has 4 nitrogen and oxygen atoms in total. The highest BCUT2D eigenvalue weighted by molar-refractivity contribution is 7.90. The molecular weight excluding hydrogens is 248 g/mol. The van der Waals surface area contributed by atoms with Crippen molar-refractivity contribution < 1.29 is 8.42 Å². The number of rotatable bonds is 4. The summed E-state index contributed by atoms with van der Waals surface area (Å²) in [5, 5.41) is 3.40. The molecule has 0 amide bonds. The first-order chi connectivity index (χ1) is 8.46. The molecule has 1 N–H and O–H groups in total. The Bertz CT molecular complexity index is 513. The average molecular weight is 268 g/mol. The summed E-state index contributed by atoms with van der Waals surface area (Å²) >= 11 is 0. The molecule has 0 spiro atoms. The van der Waals surface area contributed by atoms with Gasteiger partial charge in [0.1, 0.15) is 9.84 Å². The highest BCUT2D eigenvalue weighted by Crippen LogP contribution is 2.22. The van der Waals surface area contributed by atoms with E-state index in [4.69, 9.17) is 0 Å². The first kappa shape index (κ1) is 13.4. The molecule has 18 heavy (non-hydrogen) atoms. The van der Waals surface area contributed by atoms with Crippen molar-refractivity contribution in [3.63, 3.8) is 0 Å². The number of anilines is 1. The predicted molar refractivity (Wildman–Crippen MR) is 74.8 cm³/mol. The highest BCUT2D eigenvalue weighted by Gasteiger charge is 2.21. The number of para-hydroxylation sites is 1. The van der Waals surface area contributed by atoms with Crippen LogP contribution in [0.15, 0.2) is 24.3 Å². The molecule has 1 heterocycles. The minimum Gasteiger partial charge on any atom is -0.383 e. The predicted octanol–water partition coefficient (Wildman–Crippen LogP) is 1.000. The first-order valence-electron chi connectivity index (χ1n) is 6.15. The molecule has 1 aliphatic rings. The zero-order chi connectivity index (χ0) is 13.2. The van der Waals surface area contributed by atoms with Crippen molar-refractivity contribution in [2.75, 3.05) is 37.5 Å². The van der Waals surface area contributed by atoms with Crippen molar-refractivity contribution >= 4 is 15.5 Å². The molecule has 1 aromatic carbocycles. The van der Waals surface area contributed by atoms with Gasteiger partial charge in [-0.1, -0.05) is 18.2 Å². The molecule has 1 aromatic rings. The van der Waals surface area contributed by atoms with E-state index >= 15 is 0 Å². The van der Waals surface area contributed by atoms with Gasteiger partial charge in [0.2, 0.25) is 0 Å². The maximum Gasteiger partial charge on any atom is 0.148 e. The van der Waals surface area contributed by atoms with Crippen LogP contribution in [-0.4, -0.2) is 51.5 Å². The molecule has 0 bridgehead atoms. The van der Waals surface area contributed by atoms with Crippen LogP contribution >= 0.6 is 0 Å². The van der Waals surface area contributed by atoms with E-state index in [1.165, 1.54) is 17.5 Å². The van der Waals surface area contributed by atoms with Crippen LogP contribution in [-0.2, 0) is 16.3 Å². The number of hydrogen-bond acceptors (Lipinski definition) is 4. The number of likely N-dealkylation sites (N-methyl/N-ethyl adjacent to an activating group) is 1. The minimum absolute atomic E-state index is 0.224. The third kappa shape index (κ3) is 3.46. The lowest BCUT2D eigenvalue weighted by Gasteiger charge is -2.33. The Morgan fingerprint density at radius 1 is 1.39 bits per heavy atom. The van der Waals surface area contributed by atoms with Gasteiger partial charge in [0.15, 0.2) is 0 Å². The molecule has 0 fully saturated rings. The monoisotopic (exact) mass is 268 g/mol. The van der Waals surface area contributed by atoms with Gasteiger partial charge in [-0.15, -0.1) is 0 Å². The van der Waals surface area contributed by atoms with Crippen LogP contribution in [0.25, 0.3) is 0 Å². The summed E-state index contributed by atoms with van der Waals surface area (Å²) in [5.74, 6) is 0.224. The van der Waals surface area contributed by atoms with E-state index in [2.05, 4.69) is 22.3 Å². The molecule has 0 saturated heterocycles. The topological polar surface area (TPSA) is 49.4 Å². The lowest BCUT2D eigenvalue weighted by molar-refractivity contribution is 0.260. The molecule has 0 aliphatic carbocycles. The van der Waals surface area contributed by atoms with Crippen molar-refractivity contribution in [3.8, 4) is 0 Å². The van der Waals surface area contributed by atoms with Crippen LogP contribution < -0.4 is 5.32 Å². The molecule has 5 heteroatoms. The highest BCUT2D eigenvalue weighted by atomic mass is 32.2. The third-order valence-electron chi connectivity index (χ3n) is 3.44. The summed E-state index contributed by atoms with van der Waals surface area (Å²) < 4.78 is 22.3. The Balaban J connectivity index is 1.96. The Hall–Kier alpha value is -1.07. The van der Waals surface area contributed by atoms with E-state index in [9.17, 15) is 8.42 Å². The molecule has 0 aromatic heterocycles. The van der Waals surface area contributed by atoms with Crippen molar-refractivity contribution in [2.24, 2.45) is 0 Å². The van der Waals surface area contributed by atoms with Crippen LogP contribution in [0.3, 0.4) is 0 Å².